The van der Waals surface area contributed by atoms with E-state index in [0.717, 1.165) is 11.1 Å². The molecule has 0 saturated carbocycles. The van der Waals surface area contributed by atoms with Gasteiger partial charge in [0.2, 0.25) is 5.91 Å². The van der Waals surface area contributed by atoms with Crippen LogP contribution in [-0.4, -0.2) is 28.5 Å². The molecule has 1 aliphatic heterocycles. The largest absolute Gasteiger partial charge is 0.458 e. The van der Waals surface area contributed by atoms with Crippen LogP contribution in [0.25, 0.3) is 0 Å². The Labute approximate surface area is 127 Å². The fourth-order valence-electron chi connectivity index (χ4n) is 3.11. The molecule has 1 heterocycles. The van der Waals surface area contributed by atoms with Crippen molar-refractivity contribution >= 4 is 23.6 Å². The van der Waals surface area contributed by atoms with Crippen LogP contribution in [0.5, 0.6) is 0 Å². The summed E-state index contributed by atoms with van der Waals surface area (Å²) in [7, 11) is 0. The number of carbonyl (C=O) groups excluding carboxylic acids is 2. The van der Waals surface area contributed by atoms with E-state index in [1.807, 2.05) is 24.3 Å². The van der Waals surface area contributed by atoms with Gasteiger partial charge in [-0.1, -0.05) is 36.0 Å². The van der Waals surface area contributed by atoms with Gasteiger partial charge < -0.3 is 10.5 Å². The molecule has 6 nitrogen and oxygen atoms in total. The average Bonchev–Trinajstić information content (AvgIpc) is 2.90. The third kappa shape index (κ3) is 2.12. The molecule has 3 N–H and O–H groups in total. The second-order valence-electron chi connectivity index (χ2n) is 5.18. The molecule has 112 valence electrons. The Balaban J connectivity index is 2.13. The number of esters is 1. The van der Waals surface area contributed by atoms with E-state index in [1.54, 1.807) is 0 Å². The molecule has 1 aliphatic carbocycles. The van der Waals surface area contributed by atoms with Crippen molar-refractivity contribution in [3.8, 4) is 0 Å². The third-order valence-corrected chi connectivity index (χ3v) is 5.15. The Kier molecular flexibility index (Phi) is 3.43. The Morgan fingerprint density at radius 3 is 2.81 bits per heavy atom. The minimum absolute atomic E-state index is 0.163. The third-order valence-electron chi connectivity index (χ3n) is 3.76. The van der Waals surface area contributed by atoms with Gasteiger partial charge in [0.1, 0.15) is 11.6 Å². The smallest absolute Gasteiger partial charge is 0.303 e. The Hall–Kier alpha value is -1.57. The van der Waals surface area contributed by atoms with Crippen molar-refractivity contribution in [3.05, 3.63) is 35.4 Å². The standard InChI is InChI=1S/C14H17N3O3S/c1-8(18)17-14(21-13(15)16-17)11-6-4-3-5-10(11)7-12(14)20-9(2)19/h3-6,12-13,16H,7,15H2,1-2H3. The van der Waals surface area contributed by atoms with E-state index >= 15 is 0 Å². The van der Waals surface area contributed by atoms with Gasteiger partial charge in [-0.05, 0) is 11.1 Å². The van der Waals surface area contributed by atoms with Gasteiger partial charge in [-0.3, -0.25) is 14.6 Å². The summed E-state index contributed by atoms with van der Waals surface area (Å²) in [5.41, 5.74) is 10.6. The summed E-state index contributed by atoms with van der Waals surface area (Å²) in [6.45, 7) is 2.85. The van der Waals surface area contributed by atoms with E-state index in [1.165, 1.54) is 30.6 Å². The number of rotatable bonds is 1. The normalized spacial score (nSPS) is 30.5. The number of carbonyl (C=O) groups is 2. The first-order chi connectivity index (χ1) is 9.95. The second kappa shape index (κ2) is 5.01. The van der Waals surface area contributed by atoms with Gasteiger partial charge in [-0.2, -0.15) is 0 Å². The van der Waals surface area contributed by atoms with E-state index in [2.05, 4.69) is 5.43 Å². The highest BCUT2D eigenvalue weighted by Gasteiger charge is 2.59. The number of benzene rings is 1. The predicted octanol–water partition coefficient (Wildman–Crippen LogP) is 0.669. The number of hydrogen-bond donors (Lipinski definition) is 2. The first-order valence-corrected chi connectivity index (χ1v) is 7.59. The Morgan fingerprint density at radius 2 is 2.14 bits per heavy atom. The zero-order valence-corrected chi connectivity index (χ0v) is 12.6. The number of nitrogens with one attached hydrogen (secondary N) is 1. The molecule has 21 heavy (non-hydrogen) atoms. The summed E-state index contributed by atoms with van der Waals surface area (Å²) in [5.74, 6) is -0.527. The summed E-state index contributed by atoms with van der Waals surface area (Å²) < 4.78 is 5.51. The molecule has 3 unspecified atom stereocenters. The molecule has 1 saturated heterocycles. The molecule has 1 aromatic carbocycles. The molecule has 7 heteroatoms. The predicted molar refractivity (Wildman–Crippen MR) is 78.6 cm³/mol. The number of fused-ring (bicyclic) bond motifs is 2. The molecule has 1 aromatic rings. The highest BCUT2D eigenvalue weighted by atomic mass is 32.2. The number of hydrogen-bond acceptors (Lipinski definition) is 6. The van der Waals surface area contributed by atoms with Crippen molar-refractivity contribution < 1.29 is 14.3 Å². The van der Waals surface area contributed by atoms with Gasteiger partial charge in [0.25, 0.3) is 0 Å². The van der Waals surface area contributed by atoms with Crippen LogP contribution in [0.4, 0.5) is 0 Å². The van der Waals surface area contributed by atoms with Gasteiger partial charge in [-0.25, -0.2) is 5.43 Å². The molecule has 0 bridgehead atoms. The maximum absolute atomic E-state index is 12.0. The zero-order chi connectivity index (χ0) is 15.2. The van der Waals surface area contributed by atoms with Crippen molar-refractivity contribution in [3.63, 3.8) is 0 Å². The molecule has 1 spiro atoms. The molecule has 0 aromatic heterocycles. The van der Waals surface area contributed by atoms with Crippen LogP contribution < -0.4 is 11.2 Å². The number of ether oxygens (including phenoxy) is 1. The summed E-state index contributed by atoms with van der Waals surface area (Å²) in [5, 5.41) is 1.50. The number of hydrazine groups is 1. The lowest BCUT2D eigenvalue weighted by molar-refractivity contribution is -0.156. The molecule has 0 radical (unpaired) electrons. The van der Waals surface area contributed by atoms with Crippen LogP contribution >= 0.6 is 11.8 Å². The molecular weight excluding hydrogens is 290 g/mol. The topological polar surface area (TPSA) is 84.7 Å². The molecule has 1 amide bonds. The average molecular weight is 307 g/mol. The van der Waals surface area contributed by atoms with Crippen LogP contribution in [0.2, 0.25) is 0 Å². The summed E-state index contributed by atoms with van der Waals surface area (Å²) in [4.78, 5) is 22.7. The van der Waals surface area contributed by atoms with E-state index in [0.29, 0.717) is 6.42 Å². The molecule has 2 aliphatic rings. The van der Waals surface area contributed by atoms with E-state index in [4.69, 9.17) is 10.5 Å². The van der Waals surface area contributed by atoms with Crippen molar-refractivity contribution in [2.45, 2.75) is 36.7 Å². The summed E-state index contributed by atoms with van der Waals surface area (Å²) in [6, 6.07) is 7.80. The Bertz CT molecular complexity index is 609. The van der Waals surface area contributed by atoms with Crippen molar-refractivity contribution in [2.24, 2.45) is 5.73 Å². The minimum Gasteiger partial charge on any atom is -0.458 e. The van der Waals surface area contributed by atoms with Crippen LogP contribution in [0, 0.1) is 0 Å². The maximum atomic E-state index is 12.0. The first-order valence-electron chi connectivity index (χ1n) is 6.71. The molecule has 1 fully saturated rings. The highest BCUT2D eigenvalue weighted by molar-refractivity contribution is 8.01. The Morgan fingerprint density at radius 1 is 1.43 bits per heavy atom. The van der Waals surface area contributed by atoms with Crippen molar-refractivity contribution in [1.82, 2.24) is 10.4 Å². The second-order valence-corrected chi connectivity index (χ2v) is 6.54. The fraction of sp³-hybridized carbons (Fsp3) is 0.429. The van der Waals surface area contributed by atoms with Gasteiger partial charge in [0.05, 0.1) is 0 Å². The summed E-state index contributed by atoms with van der Waals surface area (Å²) in [6.07, 6.45) is 0.114. The number of nitrogens with two attached hydrogens (primary N) is 1. The molecular formula is C14H17N3O3S. The van der Waals surface area contributed by atoms with Crippen LogP contribution in [0.1, 0.15) is 25.0 Å². The summed E-state index contributed by atoms with van der Waals surface area (Å²) >= 11 is 1.40. The van der Waals surface area contributed by atoms with Gasteiger partial charge in [0, 0.05) is 20.3 Å². The lowest BCUT2D eigenvalue weighted by Gasteiger charge is -2.37. The van der Waals surface area contributed by atoms with E-state index < -0.39 is 16.5 Å². The highest BCUT2D eigenvalue weighted by Crippen LogP contribution is 2.54. The number of thioether (sulfide) groups is 1. The monoisotopic (exact) mass is 307 g/mol. The first kappa shape index (κ1) is 14.4. The van der Waals surface area contributed by atoms with Crippen molar-refractivity contribution in [1.29, 1.82) is 0 Å². The fourth-order valence-corrected chi connectivity index (χ4v) is 4.55. The number of amides is 1. The lowest BCUT2D eigenvalue weighted by Crippen LogP contribution is -2.54. The maximum Gasteiger partial charge on any atom is 0.303 e. The molecule has 3 atom stereocenters. The lowest BCUT2D eigenvalue weighted by atomic mass is 10.1. The van der Waals surface area contributed by atoms with Crippen LogP contribution in [0.15, 0.2) is 24.3 Å². The minimum atomic E-state index is -0.798. The van der Waals surface area contributed by atoms with Crippen LogP contribution in [0.3, 0.4) is 0 Å². The van der Waals surface area contributed by atoms with Crippen molar-refractivity contribution in [2.75, 3.05) is 0 Å². The SMILES string of the molecule is CC(=O)OC1Cc2ccccc2C12SC(N)NN2C(C)=O. The van der Waals surface area contributed by atoms with Gasteiger partial charge in [0.15, 0.2) is 4.87 Å². The van der Waals surface area contributed by atoms with Gasteiger partial charge in [-0.15, -0.1) is 0 Å². The van der Waals surface area contributed by atoms with Crippen LogP contribution in [-0.2, 0) is 25.6 Å². The van der Waals surface area contributed by atoms with Gasteiger partial charge >= 0.3 is 5.97 Å². The number of nitrogens with zero attached hydrogens (tertiary/aromatic N) is 1. The van der Waals surface area contributed by atoms with E-state index in [-0.39, 0.29) is 11.9 Å². The zero-order valence-electron chi connectivity index (χ0n) is 11.8. The molecule has 3 rings (SSSR count). The van der Waals surface area contributed by atoms with E-state index in [9.17, 15) is 9.59 Å². The quantitative estimate of drug-likeness (QED) is 0.742.